The molecule has 2 aromatic rings. The highest BCUT2D eigenvalue weighted by atomic mass is 16.5. The van der Waals surface area contributed by atoms with Gasteiger partial charge in [0.15, 0.2) is 0 Å². The summed E-state index contributed by atoms with van der Waals surface area (Å²) >= 11 is 0. The molecule has 0 spiro atoms. The molecular weight excluding hydrogens is 262 g/mol. The third-order valence-corrected chi connectivity index (χ3v) is 3.31. The number of hydrogen-bond acceptors (Lipinski definition) is 3. The fourth-order valence-corrected chi connectivity index (χ4v) is 2.16. The first-order chi connectivity index (χ1) is 10.2. The molecule has 0 saturated carbocycles. The van der Waals surface area contributed by atoms with Crippen LogP contribution in [-0.4, -0.2) is 16.1 Å². The summed E-state index contributed by atoms with van der Waals surface area (Å²) < 4.78 is 7.96. The highest BCUT2D eigenvalue weighted by molar-refractivity contribution is 5.28. The molecule has 0 aliphatic heterocycles. The van der Waals surface area contributed by atoms with E-state index >= 15 is 0 Å². The number of rotatable bonds is 8. The standard InChI is InChI=1S/C17H25N3O/c1-4-20-13-19-11-16(20)12-21-17-7-5-6-15(8-17)10-18-9-14(2)3/h5-8,11,13-14,18H,4,9-10,12H2,1-3H3. The molecule has 0 bridgehead atoms. The Morgan fingerprint density at radius 3 is 2.95 bits per heavy atom. The Kier molecular flexibility index (Phi) is 5.81. The van der Waals surface area contributed by atoms with Gasteiger partial charge >= 0.3 is 0 Å². The summed E-state index contributed by atoms with van der Waals surface area (Å²) in [6.07, 6.45) is 3.70. The van der Waals surface area contributed by atoms with Crippen molar-refractivity contribution >= 4 is 0 Å². The lowest BCUT2D eigenvalue weighted by Crippen LogP contribution is -2.18. The van der Waals surface area contributed by atoms with Crippen molar-refractivity contribution in [1.82, 2.24) is 14.9 Å². The number of ether oxygens (including phenoxy) is 1. The summed E-state index contributed by atoms with van der Waals surface area (Å²) in [6, 6.07) is 8.26. The van der Waals surface area contributed by atoms with Crippen LogP contribution >= 0.6 is 0 Å². The van der Waals surface area contributed by atoms with Crippen LogP contribution in [0.15, 0.2) is 36.8 Å². The van der Waals surface area contributed by atoms with Crippen LogP contribution in [0.1, 0.15) is 32.0 Å². The molecule has 0 aliphatic rings. The van der Waals surface area contributed by atoms with Gasteiger partial charge in [0.1, 0.15) is 12.4 Å². The molecule has 0 atom stereocenters. The summed E-state index contributed by atoms with van der Waals surface area (Å²) in [4.78, 5) is 4.15. The largest absolute Gasteiger partial charge is 0.487 e. The molecule has 0 amide bonds. The molecule has 114 valence electrons. The Morgan fingerprint density at radius 1 is 1.33 bits per heavy atom. The van der Waals surface area contributed by atoms with E-state index < -0.39 is 0 Å². The van der Waals surface area contributed by atoms with Crippen molar-refractivity contribution in [3.8, 4) is 5.75 Å². The lowest BCUT2D eigenvalue weighted by molar-refractivity contribution is 0.295. The Morgan fingerprint density at radius 2 is 2.19 bits per heavy atom. The zero-order valence-electron chi connectivity index (χ0n) is 13.2. The number of imidazole rings is 1. The van der Waals surface area contributed by atoms with E-state index in [-0.39, 0.29) is 0 Å². The van der Waals surface area contributed by atoms with Crippen molar-refractivity contribution in [2.75, 3.05) is 6.54 Å². The minimum atomic E-state index is 0.552. The Labute approximate surface area is 127 Å². The van der Waals surface area contributed by atoms with Gasteiger partial charge in [-0.2, -0.15) is 0 Å². The molecule has 21 heavy (non-hydrogen) atoms. The van der Waals surface area contributed by atoms with Crippen molar-refractivity contribution in [1.29, 1.82) is 0 Å². The number of hydrogen-bond donors (Lipinski definition) is 1. The number of nitrogens with zero attached hydrogens (tertiary/aromatic N) is 2. The molecule has 2 rings (SSSR count). The molecule has 0 radical (unpaired) electrons. The fraction of sp³-hybridized carbons (Fsp3) is 0.471. The van der Waals surface area contributed by atoms with Crippen molar-refractivity contribution in [3.05, 3.63) is 48.0 Å². The van der Waals surface area contributed by atoms with Crippen molar-refractivity contribution in [2.45, 2.75) is 40.5 Å². The molecule has 0 unspecified atom stereocenters. The Balaban J connectivity index is 1.89. The van der Waals surface area contributed by atoms with Gasteiger partial charge in [-0.15, -0.1) is 0 Å². The third kappa shape index (κ3) is 4.90. The average Bonchev–Trinajstić information content (AvgIpc) is 2.92. The quantitative estimate of drug-likeness (QED) is 0.810. The fourth-order valence-electron chi connectivity index (χ4n) is 2.16. The second-order valence-corrected chi connectivity index (χ2v) is 5.63. The van der Waals surface area contributed by atoms with Crippen LogP contribution in [-0.2, 0) is 19.7 Å². The van der Waals surface area contributed by atoms with Crippen molar-refractivity contribution in [2.24, 2.45) is 5.92 Å². The molecular formula is C17H25N3O. The van der Waals surface area contributed by atoms with E-state index in [1.165, 1.54) is 5.56 Å². The Hall–Kier alpha value is -1.81. The lowest BCUT2D eigenvalue weighted by atomic mass is 10.2. The third-order valence-electron chi connectivity index (χ3n) is 3.31. The predicted octanol–water partition coefficient (Wildman–Crippen LogP) is 3.23. The van der Waals surface area contributed by atoms with Crippen LogP contribution in [0.25, 0.3) is 0 Å². The molecule has 4 heteroatoms. The van der Waals surface area contributed by atoms with Crippen LogP contribution in [0.3, 0.4) is 0 Å². The first kappa shape index (κ1) is 15.6. The second-order valence-electron chi connectivity index (χ2n) is 5.63. The van der Waals surface area contributed by atoms with E-state index in [0.29, 0.717) is 12.5 Å². The van der Waals surface area contributed by atoms with Gasteiger partial charge in [0.05, 0.1) is 18.2 Å². The monoisotopic (exact) mass is 287 g/mol. The smallest absolute Gasteiger partial charge is 0.130 e. The maximum absolute atomic E-state index is 5.87. The van der Waals surface area contributed by atoms with Gasteiger partial charge in [0.25, 0.3) is 0 Å². The summed E-state index contributed by atoms with van der Waals surface area (Å²) in [5.74, 6) is 1.57. The first-order valence-corrected chi connectivity index (χ1v) is 7.60. The molecule has 1 N–H and O–H groups in total. The molecule has 4 nitrogen and oxygen atoms in total. The number of nitrogens with one attached hydrogen (secondary N) is 1. The molecule has 0 fully saturated rings. The number of aromatic nitrogens is 2. The highest BCUT2D eigenvalue weighted by Crippen LogP contribution is 2.15. The van der Waals surface area contributed by atoms with Gasteiger partial charge in [-0.3, -0.25) is 0 Å². The van der Waals surface area contributed by atoms with E-state index in [1.807, 2.05) is 24.7 Å². The van der Waals surface area contributed by atoms with Gasteiger partial charge in [-0.25, -0.2) is 4.98 Å². The second kappa shape index (κ2) is 7.84. The summed E-state index contributed by atoms with van der Waals surface area (Å²) in [6.45, 7) is 9.90. The number of benzene rings is 1. The molecule has 1 aromatic heterocycles. The highest BCUT2D eigenvalue weighted by Gasteiger charge is 2.03. The predicted molar refractivity (Wildman–Crippen MR) is 85.2 cm³/mol. The van der Waals surface area contributed by atoms with Gasteiger partial charge in [-0.1, -0.05) is 26.0 Å². The van der Waals surface area contributed by atoms with E-state index in [1.54, 1.807) is 0 Å². The maximum Gasteiger partial charge on any atom is 0.130 e. The summed E-state index contributed by atoms with van der Waals surface area (Å²) in [5.41, 5.74) is 2.35. The van der Waals surface area contributed by atoms with E-state index in [9.17, 15) is 0 Å². The van der Waals surface area contributed by atoms with Crippen LogP contribution in [0.4, 0.5) is 0 Å². The zero-order chi connectivity index (χ0) is 15.1. The summed E-state index contributed by atoms with van der Waals surface area (Å²) in [5, 5.41) is 3.45. The Bertz CT molecular complexity index is 548. The maximum atomic E-state index is 5.87. The minimum absolute atomic E-state index is 0.552. The van der Waals surface area contributed by atoms with Crippen LogP contribution in [0.2, 0.25) is 0 Å². The number of aryl methyl sites for hydroxylation is 1. The van der Waals surface area contributed by atoms with E-state index in [4.69, 9.17) is 4.74 Å². The van der Waals surface area contributed by atoms with Gasteiger partial charge in [0.2, 0.25) is 0 Å². The minimum Gasteiger partial charge on any atom is -0.487 e. The van der Waals surface area contributed by atoms with Crippen LogP contribution in [0, 0.1) is 5.92 Å². The van der Waals surface area contributed by atoms with Crippen LogP contribution in [0.5, 0.6) is 5.75 Å². The summed E-state index contributed by atoms with van der Waals surface area (Å²) in [7, 11) is 0. The van der Waals surface area contributed by atoms with Gasteiger partial charge < -0.3 is 14.6 Å². The van der Waals surface area contributed by atoms with Gasteiger partial charge in [-0.05, 0) is 37.1 Å². The van der Waals surface area contributed by atoms with Crippen molar-refractivity contribution < 1.29 is 4.74 Å². The molecule has 1 aromatic carbocycles. The average molecular weight is 287 g/mol. The zero-order valence-corrected chi connectivity index (χ0v) is 13.2. The lowest BCUT2D eigenvalue weighted by Gasteiger charge is -2.11. The molecule has 1 heterocycles. The van der Waals surface area contributed by atoms with Gasteiger partial charge in [0, 0.05) is 13.1 Å². The normalized spacial score (nSPS) is 11.0. The first-order valence-electron chi connectivity index (χ1n) is 7.60. The van der Waals surface area contributed by atoms with Crippen LogP contribution < -0.4 is 10.1 Å². The topological polar surface area (TPSA) is 39.1 Å². The van der Waals surface area contributed by atoms with Crippen molar-refractivity contribution in [3.63, 3.8) is 0 Å². The van der Waals surface area contributed by atoms with E-state index in [0.717, 1.165) is 31.1 Å². The molecule has 0 aliphatic carbocycles. The molecule has 0 saturated heterocycles. The SMILES string of the molecule is CCn1cncc1COc1cccc(CNCC(C)C)c1. The van der Waals surface area contributed by atoms with E-state index in [2.05, 4.69) is 47.8 Å².